The van der Waals surface area contributed by atoms with E-state index in [4.69, 9.17) is 10.8 Å². The Morgan fingerprint density at radius 3 is 2.59 bits per heavy atom. The zero-order valence-corrected chi connectivity index (χ0v) is 10.8. The van der Waals surface area contributed by atoms with Crippen LogP contribution in [0.3, 0.4) is 0 Å². The average molecular weight is 235 g/mol. The molecule has 0 amide bonds. The molecule has 2 aromatic heterocycles. The third-order valence-corrected chi connectivity index (χ3v) is 3.28. The van der Waals surface area contributed by atoms with Crippen LogP contribution in [-0.2, 0) is 6.42 Å². The zero-order valence-electron chi connectivity index (χ0n) is 10.8. The third kappa shape index (κ3) is 1.90. The molecule has 0 aliphatic rings. The number of hydrogen-bond acceptors (Lipinski definition) is 3. The van der Waals surface area contributed by atoms with Crippen molar-refractivity contribution in [3.8, 4) is 0 Å². The van der Waals surface area contributed by atoms with Gasteiger partial charge in [-0.1, -0.05) is 27.2 Å². The zero-order chi connectivity index (χ0) is 12.4. The standard InChI is InChI=1S/C12H21N5/c1-4-7-9-10-11(13)14-15-12(10)17(16-9)8(5-2)6-3/h8H,4-7H2,1-3H3,(H3,13,14,15). The molecule has 0 aromatic carbocycles. The highest BCUT2D eigenvalue weighted by molar-refractivity contribution is 5.89. The van der Waals surface area contributed by atoms with Crippen molar-refractivity contribution in [1.82, 2.24) is 20.0 Å². The molecule has 2 aromatic rings. The Kier molecular flexibility index (Phi) is 3.36. The van der Waals surface area contributed by atoms with Crippen LogP contribution in [0.4, 0.5) is 5.82 Å². The van der Waals surface area contributed by atoms with Crippen LogP contribution in [0.25, 0.3) is 11.0 Å². The molecule has 0 aliphatic carbocycles. The van der Waals surface area contributed by atoms with E-state index < -0.39 is 0 Å². The van der Waals surface area contributed by atoms with Crippen LogP contribution in [0.15, 0.2) is 0 Å². The Morgan fingerprint density at radius 2 is 2.00 bits per heavy atom. The van der Waals surface area contributed by atoms with Gasteiger partial charge in [0.05, 0.1) is 17.1 Å². The summed E-state index contributed by atoms with van der Waals surface area (Å²) in [5.41, 5.74) is 7.90. The van der Waals surface area contributed by atoms with Crippen LogP contribution in [0.2, 0.25) is 0 Å². The number of aryl methyl sites for hydroxylation is 1. The second kappa shape index (κ2) is 4.77. The van der Waals surface area contributed by atoms with Crippen LogP contribution in [0.5, 0.6) is 0 Å². The summed E-state index contributed by atoms with van der Waals surface area (Å²) in [5, 5.41) is 12.9. The first kappa shape index (κ1) is 12.0. The lowest BCUT2D eigenvalue weighted by Crippen LogP contribution is -2.09. The summed E-state index contributed by atoms with van der Waals surface area (Å²) in [5.74, 6) is 0.639. The number of fused-ring (bicyclic) bond motifs is 1. The van der Waals surface area contributed by atoms with Gasteiger partial charge in [0.1, 0.15) is 5.82 Å². The van der Waals surface area contributed by atoms with Crippen molar-refractivity contribution in [2.45, 2.75) is 52.5 Å². The molecule has 5 heteroatoms. The number of anilines is 1. The molecule has 0 bridgehead atoms. The maximum atomic E-state index is 5.93. The largest absolute Gasteiger partial charge is 0.383 e. The molecule has 0 radical (unpaired) electrons. The van der Waals surface area contributed by atoms with E-state index in [1.165, 1.54) is 0 Å². The van der Waals surface area contributed by atoms with Crippen molar-refractivity contribution in [1.29, 1.82) is 0 Å². The Hall–Kier alpha value is -1.52. The second-order valence-electron chi connectivity index (χ2n) is 4.45. The molecular formula is C12H21N5. The van der Waals surface area contributed by atoms with E-state index in [9.17, 15) is 0 Å². The van der Waals surface area contributed by atoms with Gasteiger partial charge in [0.15, 0.2) is 5.65 Å². The van der Waals surface area contributed by atoms with Crippen molar-refractivity contribution in [3.05, 3.63) is 5.69 Å². The van der Waals surface area contributed by atoms with Gasteiger partial charge >= 0.3 is 0 Å². The quantitative estimate of drug-likeness (QED) is 0.836. The van der Waals surface area contributed by atoms with E-state index in [2.05, 4.69) is 31.0 Å². The monoisotopic (exact) mass is 235 g/mol. The topological polar surface area (TPSA) is 72.5 Å². The molecule has 0 saturated carbocycles. The molecule has 0 saturated heterocycles. The molecule has 0 fully saturated rings. The van der Waals surface area contributed by atoms with Crippen LogP contribution >= 0.6 is 0 Å². The molecule has 0 aliphatic heterocycles. The number of rotatable bonds is 5. The first-order valence-electron chi connectivity index (χ1n) is 6.43. The van der Waals surface area contributed by atoms with Gasteiger partial charge in [0.2, 0.25) is 0 Å². The molecule has 0 spiro atoms. The Morgan fingerprint density at radius 1 is 1.29 bits per heavy atom. The smallest absolute Gasteiger partial charge is 0.182 e. The van der Waals surface area contributed by atoms with E-state index in [1.54, 1.807) is 0 Å². The van der Waals surface area contributed by atoms with Crippen molar-refractivity contribution in [2.24, 2.45) is 0 Å². The summed E-state index contributed by atoms with van der Waals surface area (Å²) in [4.78, 5) is 0. The van der Waals surface area contributed by atoms with E-state index in [1.807, 2.05) is 4.68 Å². The van der Waals surface area contributed by atoms with Crippen LogP contribution < -0.4 is 5.73 Å². The number of nitrogens with two attached hydrogens (primary N) is 1. The van der Waals surface area contributed by atoms with Crippen molar-refractivity contribution >= 4 is 16.9 Å². The molecule has 3 N–H and O–H groups in total. The lowest BCUT2D eigenvalue weighted by atomic mass is 10.2. The fraction of sp³-hybridized carbons (Fsp3) is 0.667. The Bertz CT molecular complexity index is 492. The number of H-pyrrole nitrogens is 1. The second-order valence-corrected chi connectivity index (χ2v) is 4.45. The van der Waals surface area contributed by atoms with Crippen molar-refractivity contribution < 1.29 is 0 Å². The van der Waals surface area contributed by atoms with Gasteiger partial charge in [-0.15, -0.1) is 0 Å². The predicted octanol–water partition coefficient (Wildman–Crippen LogP) is 2.66. The maximum absolute atomic E-state index is 5.93. The van der Waals surface area contributed by atoms with Crippen LogP contribution in [-0.4, -0.2) is 20.0 Å². The minimum Gasteiger partial charge on any atom is -0.383 e. The SMILES string of the molecule is CCCc1nn(C(CC)CC)c2n[nH]c(N)c12. The number of hydrogen-bond donors (Lipinski definition) is 2. The summed E-state index contributed by atoms with van der Waals surface area (Å²) in [7, 11) is 0. The summed E-state index contributed by atoms with van der Waals surface area (Å²) < 4.78 is 2.03. The minimum atomic E-state index is 0.408. The molecule has 5 nitrogen and oxygen atoms in total. The minimum absolute atomic E-state index is 0.408. The molecule has 2 heterocycles. The van der Waals surface area contributed by atoms with Crippen LogP contribution in [0, 0.1) is 0 Å². The van der Waals surface area contributed by atoms with Crippen molar-refractivity contribution in [3.63, 3.8) is 0 Å². The molecule has 94 valence electrons. The molecular weight excluding hydrogens is 214 g/mol. The molecule has 0 atom stereocenters. The highest BCUT2D eigenvalue weighted by Crippen LogP contribution is 2.27. The van der Waals surface area contributed by atoms with E-state index >= 15 is 0 Å². The van der Waals surface area contributed by atoms with Gasteiger partial charge in [0.25, 0.3) is 0 Å². The van der Waals surface area contributed by atoms with Gasteiger partial charge in [-0.25, -0.2) is 4.68 Å². The summed E-state index contributed by atoms with van der Waals surface area (Å²) in [6.45, 7) is 6.51. The number of nitrogens with zero attached hydrogens (tertiary/aromatic N) is 3. The normalized spacial score (nSPS) is 11.8. The molecule has 17 heavy (non-hydrogen) atoms. The highest BCUT2D eigenvalue weighted by atomic mass is 15.4. The van der Waals surface area contributed by atoms with E-state index in [-0.39, 0.29) is 0 Å². The van der Waals surface area contributed by atoms with Gasteiger partial charge < -0.3 is 5.73 Å². The Labute approximate surface area is 101 Å². The van der Waals surface area contributed by atoms with E-state index in [0.717, 1.165) is 42.4 Å². The first-order valence-corrected chi connectivity index (χ1v) is 6.43. The Balaban J connectivity index is 2.56. The maximum Gasteiger partial charge on any atom is 0.182 e. The summed E-state index contributed by atoms with van der Waals surface area (Å²) >= 11 is 0. The third-order valence-electron chi connectivity index (χ3n) is 3.28. The fourth-order valence-corrected chi connectivity index (χ4v) is 2.32. The predicted molar refractivity (Wildman–Crippen MR) is 69.9 cm³/mol. The highest BCUT2D eigenvalue weighted by Gasteiger charge is 2.19. The van der Waals surface area contributed by atoms with Gasteiger partial charge in [-0.3, -0.25) is 5.10 Å². The number of aromatic amines is 1. The average Bonchev–Trinajstić information content (AvgIpc) is 2.85. The fourth-order valence-electron chi connectivity index (χ4n) is 2.32. The molecule has 0 unspecified atom stereocenters. The number of nitrogens with one attached hydrogen (secondary N) is 1. The van der Waals surface area contributed by atoms with Gasteiger partial charge in [-0.05, 0) is 19.3 Å². The van der Waals surface area contributed by atoms with Crippen molar-refractivity contribution in [2.75, 3.05) is 5.73 Å². The van der Waals surface area contributed by atoms with Crippen LogP contribution in [0.1, 0.15) is 51.8 Å². The van der Waals surface area contributed by atoms with Gasteiger partial charge in [0, 0.05) is 0 Å². The summed E-state index contributed by atoms with van der Waals surface area (Å²) in [6.07, 6.45) is 4.14. The van der Waals surface area contributed by atoms with E-state index in [0.29, 0.717) is 11.9 Å². The molecule has 2 rings (SSSR count). The number of nitrogen functional groups attached to an aromatic ring is 1. The van der Waals surface area contributed by atoms with Gasteiger partial charge in [-0.2, -0.15) is 10.2 Å². The first-order chi connectivity index (χ1) is 8.22. The lowest BCUT2D eigenvalue weighted by Gasteiger charge is -2.12. The summed E-state index contributed by atoms with van der Waals surface area (Å²) in [6, 6.07) is 0.408. The number of aromatic nitrogens is 4. The lowest BCUT2D eigenvalue weighted by molar-refractivity contribution is 0.434.